The molecule has 0 spiro atoms. The third-order valence-electron chi connectivity index (χ3n) is 7.04. The van der Waals surface area contributed by atoms with Crippen LogP contribution in [0.5, 0.6) is 0 Å². The van der Waals surface area contributed by atoms with E-state index in [1.54, 1.807) is 0 Å². The molecule has 0 amide bonds. The number of hydrogen-bond acceptors (Lipinski definition) is 4. The van der Waals surface area contributed by atoms with E-state index in [0.717, 1.165) is 50.6 Å². The number of hydrogen-bond donors (Lipinski definition) is 0. The van der Waals surface area contributed by atoms with Crippen molar-refractivity contribution >= 4 is 0 Å². The first kappa shape index (κ1) is 16.6. The third-order valence-corrected chi connectivity index (χ3v) is 7.04. The second-order valence-corrected chi connectivity index (χ2v) is 8.10. The van der Waals surface area contributed by atoms with E-state index in [2.05, 4.69) is 22.0 Å². The Morgan fingerprint density at radius 2 is 1.64 bits per heavy atom. The Morgan fingerprint density at radius 1 is 1.00 bits per heavy atom. The maximum Gasteiger partial charge on any atom is 0.113 e. The van der Waals surface area contributed by atoms with E-state index >= 15 is 0 Å². The van der Waals surface area contributed by atoms with Gasteiger partial charge in [0.15, 0.2) is 0 Å². The summed E-state index contributed by atoms with van der Waals surface area (Å²) >= 11 is 0. The quantitative estimate of drug-likeness (QED) is 0.813. The molecule has 2 saturated carbocycles. The minimum atomic E-state index is -0.487. The van der Waals surface area contributed by atoms with E-state index in [4.69, 9.17) is 0 Å². The van der Waals surface area contributed by atoms with E-state index in [1.165, 1.54) is 12.8 Å². The van der Waals surface area contributed by atoms with Crippen LogP contribution in [-0.2, 0) is 6.54 Å². The molecule has 1 aromatic heterocycles. The smallest absolute Gasteiger partial charge is 0.113 e. The van der Waals surface area contributed by atoms with Crippen molar-refractivity contribution in [2.45, 2.75) is 75.4 Å². The summed E-state index contributed by atoms with van der Waals surface area (Å²) in [5, 5.41) is 20.6. The van der Waals surface area contributed by atoms with Gasteiger partial charge in [-0.2, -0.15) is 10.5 Å². The molecule has 4 atom stereocenters. The average molecular weight is 334 g/mol. The van der Waals surface area contributed by atoms with Crippen LogP contribution in [0.25, 0.3) is 0 Å². The molecule has 4 nitrogen and oxygen atoms in total. The Balaban J connectivity index is 1.81. The monoisotopic (exact) mass is 334 g/mol. The Kier molecular flexibility index (Phi) is 4.26. The van der Waals surface area contributed by atoms with Crippen molar-refractivity contribution in [2.75, 3.05) is 0 Å². The second-order valence-electron chi connectivity index (χ2n) is 8.10. The molecule has 25 heavy (non-hydrogen) atoms. The van der Waals surface area contributed by atoms with E-state index in [0.29, 0.717) is 18.4 Å². The first-order chi connectivity index (χ1) is 12.2. The number of nitrogens with zero attached hydrogens (tertiary/aromatic N) is 4. The Bertz CT molecular complexity index is 663. The molecule has 0 bridgehead atoms. The SMILES string of the molecule is N#C[C@]12CCCC[C@@H]1C[C@H]1CCCC[C@]1(C#N)N2Cc1ccccn1. The maximum atomic E-state index is 10.3. The molecule has 0 unspecified atom stereocenters. The number of fused-ring (bicyclic) bond motifs is 2. The molecule has 1 aromatic rings. The number of likely N-dealkylation sites (tertiary alicyclic amines) is 1. The van der Waals surface area contributed by atoms with Gasteiger partial charge in [-0.25, -0.2) is 0 Å². The van der Waals surface area contributed by atoms with Gasteiger partial charge in [-0.3, -0.25) is 9.88 Å². The molecular formula is C21H26N4. The topological polar surface area (TPSA) is 63.7 Å². The fraction of sp³-hybridized carbons (Fsp3) is 0.667. The van der Waals surface area contributed by atoms with Crippen LogP contribution in [0.15, 0.2) is 24.4 Å². The van der Waals surface area contributed by atoms with Crippen LogP contribution in [0.4, 0.5) is 0 Å². The van der Waals surface area contributed by atoms with Gasteiger partial charge in [-0.1, -0.05) is 31.7 Å². The van der Waals surface area contributed by atoms with Crippen molar-refractivity contribution in [2.24, 2.45) is 11.8 Å². The van der Waals surface area contributed by atoms with Gasteiger partial charge >= 0.3 is 0 Å². The van der Waals surface area contributed by atoms with Crippen molar-refractivity contribution in [3.63, 3.8) is 0 Å². The highest BCUT2D eigenvalue weighted by Gasteiger charge is 2.61. The van der Waals surface area contributed by atoms with E-state index < -0.39 is 11.1 Å². The molecule has 4 rings (SSSR count). The molecule has 2 heterocycles. The fourth-order valence-electron chi connectivity index (χ4n) is 5.84. The van der Waals surface area contributed by atoms with Crippen LogP contribution >= 0.6 is 0 Å². The van der Waals surface area contributed by atoms with E-state index in [9.17, 15) is 10.5 Å². The normalized spacial score (nSPS) is 38.0. The summed E-state index contributed by atoms with van der Waals surface area (Å²) in [6, 6.07) is 11.4. The van der Waals surface area contributed by atoms with Crippen LogP contribution in [0, 0.1) is 34.5 Å². The van der Waals surface area contributed by atoms with E-state index in [1.807, 2.05) is 24.4 Å². The van der Waals surface area contributed by atoms with Crippen molar-refractivity contribution < 1.29 is 0 Å². The predicted molar refractivity (Wildman–Crippen MR) is 95.0 cm³/mol. The van der Waals surface area contributed by atoms with Gasteiger partial charge in [-0.05, 0) is 56.1 Å². The lowest BCUT2D eigenvalue weighted by Gasteiger charge is -2.61. The lowest BCUT2D eigenvalue weighted by molar-refractivity contribution is -0.117. The highest BCUT2D eigenvalue weighted by Crippen LogP contribution is 2.56. The van der Waals surface area contributed by atoms with Gasteiger partial charge < -0.3 is 0 Å². The summed E-state index contributed by atoms with van der Waals surface area (Å²) in [6.45, 7) is 0.620. The first-order valence-electron chi connectivity index (χ1n) is 9.75. The highest BCUT2D eigenvalue weighted by molar-refractivity contribution is 5.28. The number of aromatic nitrogens is 1. The number of nitriles is 2. The second kappa shape index (κ2) is 6.43. The summed E-state index contributed by atoms with van der Waals surface area (Å²) in [7, 11) is 0. The molecule has 1 aliphatic heterocycles. The van der Waals surface area contributed by atoms with Crippen LogP contribution in [0.1, 0.15) is 63.5 Å². The van der Waals surface area contributed by atoms with Crippen LogP contribution < -0.4 is 0 Å². The molecule has 3 fully saturated rings. The maximum absolute atomic E-state index is 10.3. The van der Waals surface area contributed by atoms with Gasteiger partial charge in [0.1, 0.15) is 11.1 Å². The average Bonchev–Trinajstić information content (AvgIpc) is 2.68. The minimum absolute atomic E-state index is 0.402. The molecule has 3 aliphatic rings. The lowest BCUT2D eigenvalue weighted by atomic mass is 9.57. The zero-order chi connectivity index (χ0) is 17.3. The zero-order valence-corrected chi connectivity index (χ0v) is 14.8. The van der Waals surface area contributed by atoms with Gasteiger partial charge in [0.2, 0.25) is 0 Å². The standard InChI is InChI=1S/C21H26N4/c22-15-20-10-4-1-7-17(20)13-18-8-2-5-11-21(18,16-23)25(20)14-19-9-3-6-12-24-19/h3,6,9,12,17-18H,1-2,4-5,7-8,10-11,13-14H2/t17-,18-,20-,21-/m1/s1. The largest absolute Gasteiger partial charge is 0.261 e. The minimum Gasteiger partial charge on any atom is -0.261 e. The first-order valence-corrected chi connectivity index (χ1v) is 9.75. The molecule has 0 radical (unpaired) electrons. The van der Waals surface area contributed by atoms with Crippen molar-refractivity contribution in [3.8, 4) is 12.1 Å². The molecule has 0 N–H and O–H groups in total. The van der Waals surface area contributed by atoms with Crippen molar-refractivity contribution in [1.29, 1.82) is 10.5 Å². The molecule has 2 aliphatic carbocycles. The summed E-state index contributed by atoms with van der Waals surface area (Å²) in [6.07, 6.45) is 11.6. The number of rotatable bonds is 2. The molecule has 130 valence electrons. The summed E-state index contributed by atoms with van der Waals surface area (Å²) in [4.78, 5) is 6.84. The summed E-state index contributed by atoms with van der Waals surface area (Å²) in [5.41, 5.74) is 0.000820. The summed E-state index contributed by atoms with van der Waals surface area (Å²) in [5.74, 6) is 0.805. The van der Waals surface area contributed by atoms with Gasteiger partial charge in [0.05, 0.1) is 17.8 Å². The number of pyridine rings is 1. The van der Waals surface area contributed by atoms with Gasteiger partial charge in [0, 0.05) is 12.7 Å². The van der Waals surface area contributed by atoms with Crippen LogP contribution in [0.3, 0.4) is 0 Å². The van der Waals surface area contributed by atoms with E-state index in [-0.39, 0.29) is 0 Å². The highest BCUT2D eigenvalue weighted by atomic mass is 15.3. The molecule has 1 saturated heterocycles. The summed E-state index contributed by atoms with van der Waals surface area (Å²) < 4.78 is 0. The lowest BCUT2D eigenvalue weighted by Crippen LogP contribution is -2.70. The number of piperidine rings is 1. The van der Waals surface area contributed by atoms with Crippen molar-refractivity contribution in [1.82, 2.24) is 9.88 Å². The molecule has 4 heteroatoms. The zero-order valence-electron chi connectivity index (χ0n) is 14.8. The molecule has 0 aromatic carbocycles. The molecular weight excluding hydrogens is 308 g/mol. The Labute approximate surface area is 150 Å². The van der Waals surface area contributed by atoms with Gasteiger partial charge in [0.25, 0.3) is 0 Å². The van der Waals surface area contributed by atoms with Gasteiger partial charge in [-0.15, -0.1) is 0 Å². The Hall–Kier alpha value is -1.91. The predicted octanol–water partition coefficient (Wildman–Crippen LogP) is 4.19. The van der Waals surface area contributed by atoms with Crippen molar-refractivity contribution in [3.05, 3.63) is 30.1 Å². The Morgan fingerprint density at radius 3 is 2.16 bits per heavy atom. The van der Waals surface area contributed by atoms with Crippen LogP contribution in [0.2, 0.25) is 0 Å². The third kappa shape index (κ3) is 2.47. The van der Waals surface area contributed by atoms with Crippen LogP contribution in [-0.4, -0.2) is 21.0 Å². The fourth-order valence-corrected chi connectivity index (χ4v) is 5.84.